The van der Waals surface area contributed by atoms with Crippen LogP contribution in [-0.2, 0) is 25.7 Å². The van der Waals surface area contributed by atoms with Crippen LogP contribution in [0.1, 0.15) is 27.8 Å². The molecule has 4 heteroatoms. The zero-order chi connectivity index (χ0) is 44.5. The number of pyridine rings is 3. The first-order valence-electron chi connectivity index (χ1n) is 22.5. The third-order valence-corrected chi connectivity index (χ3v) is 12.3. The van der Waals surface area contributed by atoms with Crippen LogP contribution in [0.5, 0.6) is 0 Å². The van der Waals surface area contributed by atoms with E-state index in [9.17, 15) is 5.26 Å². The van der Waals surface area contributed by atoms with E-state index in [1.165, 1.54) is 33.4 Å². The monoisotopic (exact) mass is 846 g/mol. The minimum atomic E-state index is 0.606. The summed E-state index contributed by atoms with van der Waals surface area (Å²) in [6.07, 6.45) is 9.55. The molecule has 3 heterocycles. The molecule has 314 valence electrons. The van der Waals surface area contributed by atoms with Crippen molar-refractivity contribution in [3.8, 4) is 84.3 Å². The molecule has 0 aliphatic carbocycles. The molecule has 0 aliphatic rings. The first-order valence-corrected chi connectivity index (χ1v) is 22.5. The standard InChI is InChI=1S/C62H46N4/c63-40-48-13-12-20-54(38-48)62-39-58(51-31-29-50(30-32-51)49-14-4-1-5-15-49)59(43-66-62)57-22-11-10-21-56(57)55-36-46(25-23-44-27-33-60(64-41-44)52-16-6-2-7-17-52)35-47(37-55)26-24-45-28-34-61(65-42-45)53-18-8-3-9-19-53/h1-22,27-39,41-43H,23-26H2. The topological polar surface area (TPSA) is 62.5 Å². The Kier molecular flexibility index (Phi) is 12.2. The van der Waals surface area contributed by atoms with E-state index in [4.69, 9.17) is 15.0 Å². The van der Waals surface area contributed by atoms with Gasteiger partial charge in [-0.1, -0.05) is 182 Å². The molecule has 66 heavy (non-hydrogen) atoms. The first-order chi connectivity index (χ1) is 32.6. The highest BCUT2D eigenvalue weighted by molar-refractivity contribution is 5.93. The second kappa shape index (κ2) is 19.5. The van der Waals surface area contributed by atoms with E-state index in [2.05, 4.69) is 176 Å². The molecule has 0 unspecified atom stereocenters. The number of aryl methyl sites for hydroxylation is 4. The van der Waals surface area contributed by atoms with Crippen LogP contribution in [0.4, 0.5) is 0 Å². The number of hydrogen-bond acceptors (Lipinski definition) is 4. The fourth-order valence-corrected chi connectivity index (χ4v) is 8.75. The van der Waals surface area contributed by atoms with Crippen LogP contribution >= 0.6 is 0 Å². The SMILES string of the molecule is N#Cc1cccc(-c2cc(-c3ccc(-c4ccccc4)cc3)c(-c3ccccc3-c3cc(CCc4ccc(-c5ccccc5)nc4)cc(CCc4ccc(-c5ccccc5)nc4)c3)cn2)c1. The molecular weight excluding hydrogens is 801 g/mol. The van der Waals surface area contributed by atoms with Crippen molar-refractivity contribution in [1.82, 2.24) is 15.0 Å². The van der Waals surface area contributed by atoms with Crippen molar-refractivity contribution in [2.45, 2.75) is 25.7 Å². The fourth-order valence-electron chi connectivity index (χ4n) is 8.75. The second-order valence-corrected chi connectivity index (χ2v) is 16.7. The molecule has 0 saturated carbocycles. The molecule has 0 fully saturated rings. The van der Waals surface area contributed by atoms with Crippen LogP contribution in [0.15, 0.2) is 231 Å². The maximum atomic E-state index is 9.74. The number of hydrogen-bond donors (Lipinski definition) is 0. The van der Waals surface area contributed by atoms with Crippen LogP contribution in [-0.4, -0.2) is 15.0 Å². The van der Waals surface area contributed by atoms with Crippen molar-refractivity contribution in [1.29, 1.82) is 5.26 Å². The largest absolute Gasteiger partial charge is 0.256 e. The maximum absolute atomic E-state index is 9.74. The highest BCUT2D eigenvalue weighted by Gasteiger charge is 2.17. The Balaban J connectivity index is 1.02. The van der Waals surface area contributed by atoms with Crippen LogP contribution in [0, 0.1) is 11.3 Å². The number of aromatic nitrogens is 3. The summed E-state index contributed by atoms with van der Waals surface area (Å²) in [7, 11) is 0. The molecule has 10 aromatic rings. The molecule has 0 N–H and O–H groups in total. The predicted molar refractivity (Wildman–Crippen MR) is 270 cm³/mol. The Morgan fingerprint density at radius 2 is 0.773 bits per heavy atom. The Morgan fingerprint density at radius 3 is 1.33 bits per heavy atom. The van der Waals surface area contributed by atoms with E-state index in [0.29, 0.717) is 5.56 Å². The van der Waals surface area contributed by atoms with Crippen LogP contribution in [0.25, 0.3) is 78.3 Å². The fraction of sp³-hybridized carbons (Fsp3) is 0.0645. The molecule has 0 saturated heterocycles. The molecule has 3 aromatic heterocycles. The molecule has 0 bridgehead atoms. The predicted octanol–water partition coefficient (Wildman–Crippen LogP) is 15.0. The van der Waals surface area contributed by atoms with E-state index in [1.807, 2.05) is 61.1 Å². The second-order valence-electron chi connectivity index (χ2n) is 16.7. The highest BCUT2D eigenvalue weighted by atomic mass is 14.7. The van der Waals surface area contributed by atoms with E-state index in [0.717, 1.165) is 92.8 Å². The van der Waals surface area contributed by atoms with Gasteiger partial charge in [0, 0.05) is 40.8 Å². The van der Waals surface area contributed by atoms with Crippen LogP contribution in [0.2, 0.25) is 0 Å². The van der Waals surface area contributed by atoms with Gasteiger partial charge in [0.2, 0.25) is 0 Å². The average molecular weight is 847 g/mol. The van der Waals surface area contributed by atoms with Crippen molar-refractivity contribution < 1.29 is 0 Å². The van der Waals surface area contributed by atoms with Gasteiger partial charge in [-0.3, -0.25) is 15.0 Å². The Labute approximate surface area is 387 Å². The zero-order valence-corrected chi connectivity index (χ0v) is 36.6. The maximum Gasteiger partial charge on any atom is 0.0991 e. The van der Waals surface area contributed by atoms with Crippen molar-refractivity contribution in [2.75, 3.05) is 0 Å². The molecule has 0 atom stereocenters. The summed E-state index contributed by atoms with van der Waals surface area (Å²) in [4.78, 5) is 14.8. The molecule has 0 spiro atoms. The smallest absolute Gasteiger partial charge is 0.0991 e. The molecule has 0 aliphatic heterocycles. The summed E-state index contributed by atoms with van der Waals surface area (Å²) >= 11 is 0. The van der Waals surface area contributed by atoms with E-state index >= 15 is 0 Å². The van der Waals surface area contributed by atoms with Gasteiger partial charge in [0.1, 0.15) is 0 Å². The molecule has 10 rings (SSSR count). The lowest BCUT2D eigenvalue weighted by Gasteiger charge is -2.18. The average Bonchev–Trinajstić information content (AvgIpc) is 3.40. The molecule has 4 nitrogen and oxygen atoms in total. The third-order valence-electron chi connectivity index (χ3n) is 12.3. The van der Waals surface area contributed by atoms with Gasteiger partial charge in [0.25, 0.3) is 0 Å². The van der Waals surface area contributed by atoms with E-state index in [-0.39, 0.29) is 0 Å². The van der Waals surface area contributed by atoms with Gasteiger partial charge < -0.3 is 0 Å². The lowest BCUT2D eigenvalue weighted by atomic mass is 9.87. The minimum Gasteiger partial charge on any atom is -0.256 e. The van der Waals surface area contributed by atoms with Crippen molar-refractivity contribution >= 4 is 0 Å². The first kappa shape index (κ1) is 41.5. The van der Waals surface area contributed by atoms with Gasteiger partial charge in [-0.25, -0.2) is 0 Å². The van der Waals surface area contributed by atoms with Gasteiger partial charge in [0.05, 0.1) is 28.7 Å². The summed E-state index contributed by atoms with van der Waals surface area (Å²) < 4.78 is 0. The van der Waals surface area contributed by atoms with E-state index < -0.39 is 0 Å². The molecule has 0 amide bonds. The number of nitriles is 1. The van der Waals surface area contributed by atoms with Gasteiger partial charge in [-0.2, -0.15) is 5.26 Å². The van der Waals surface area contributed by atoms with Gasteiger partial charge >= 0.3 is 0 Å². The van der Waals surface area contributed by atoms with Crippen molar-refractivity contribution in [2.24, 2.45) is 0 Å². The number of nitrogens with zero attached hydrogens (tertiary/aromatic N) is 4. The van der Waals surface area contributed by atoms with Gasteiger partial charge in [-0.15, -0.1) is 0 Å². The third kappa shape index (κ3) is 9.53. The summed E-state index contributed by atoms with van der Waals surface area (Å²) in [6, 6.07) is 76.6. The van der Waals surface area contributed by atoms with Crippen LogP contribution < -0.4 is 0 Å². The van der Waals surface area contributed by atoms with Crippen LogP contribution in [0.3, 0.4) is 0 Å². The molecule has 7 aromatic carbocycles. The summed E-state index contributed by atoms with van der Waals surface area (Å²) in [6.45, 7) is 0. The number of rotatable bonds is 13. The minimum absolute atomic E-state index is 0.606. The quantitative estimate of drug-likeness (QED) is 0.116. The normalized spacial score (nSPS) is 11.0. The number of benzene rings is 7. The Morgan fingerprint density at radius 1 is 0.288 bits per heavy atom. The van der Waals surface area contributed by atoms with Gasteiger partial charge in [0.15, 0.2) is 0 Å². The van der Waals surface area contributed by atoms with E-state index in [1.54, 1.807) is 0 Å². The Bertz CT molecular complexity index is 3160. The Hall–Kier alpha value is -8.52. The summed E-state index contributed by atoms with van der Waals surface area (Å²) in [5.74, 6) is 0. The lowest BCUT2D eigenvalue weighted by molar-refractivity contribution is 0.923. The zero-order valence-electron chi connectivity index (χ0n) is 36.6. The van der Waals surface area contributed by atoms with Crippen molar-refractivity contribution in [3.63, 3.8) is 0 Å². The molecular formula is C62H46N4. The van der Waals surface area contributed by atoms with Gasteiger partial charge in [-0.05, 0) is 117 Å². The highest BCUT2D eigenvalue weighted by Crippen LogP contribution is 2.41. The van der Waals surface area contributed by atoms with Crippen molar-refractivity contribution in [3.05, 3.63) is 259 Å². The summed E-state index contributed by atoms with van der Waals surface area (Å²) in [5, 5.41) is 9.74. The summed E-state index contributed by atoms with van der Waals surface area (Å²) in [5.41, 5.74) is 20.5. The molecule has 0 radical (unpaired) electrons. The lowest BCUT2D eigenvalue weighted by Crippen LogP contribution is -1.99.